The van der Waals surface area contributed by atoms with E-state index in [-0.39, 0.29) is 0 Å². The predicted molar refractivity (Wildman–Crippen MR) is 63.0 cm³/mol. The van der Waals surface area contributed by atoms with E-state index in [1.165, 1.54) is 27.3 Å². The predicted octanol–water partition coefficient (Wildman–Crippen LogP) is 0.384. The minimum Gasteiger partial charge on any atom is -0.264 e. The number of rotatable bonds is 4. The number of nitrogens with zero attached hydrogens (tertiary/aromatic N) is 4. The standard InChI is InChI=1S/C10H14N4O2S/c1-13(2)17(15,16)14(3)10(7-11)9-5-4-6-12-8-9/h4-6,8,10H,1-3H3. The number of nitriles is 1. The van der Waals surface area contributed by atoms with Crippen LogP contribution in [0.25, 0.3) is 0 Å². The average molecular weight is 254 g/mol. The fraction of sp³-hybridized carbons (Fsp3) is 0.400. The fourth-order valence-corrected chi connectivity index (χ4v) is 2.24. The van der Waals surface area contributed by atoms with E-state index in [4.69, 9.17) is 5.26 Å². The van der Waals surface area contributed by atoms with E-state index in [0.717, 1.165) is 8.61 Å². The van der Waals surface area contributed by atoms with Crippen molar-refractivity contribution >= 4 is 10.2 Å². The lowest BCUT2D eigenvalue weighted by Crippen LogP contribution is -2.39. The molecule has 17 heavy (non-hydrogen) atoms. The van der Waals surface area contributed by atoms with Crippen LogP contribution >= 0.6 is 0 Å². The van der Waals surface area contributed by atoms with Gasteiger partial charge in [0.1, 0.15) is 6.04 Å². The van der Waals surface area contributed by atoms with E-state index in [9.17, 15) is 8.42 Å². The lowest BCUT2D eigenvalue weighted by Gasteiger charge is -2.25. The molecule has 0 aliphatic carbocycles. The molecule has 1 unspecified atom stereocenters. The summed E-state index contributed by atoms with van der Waals surface area (Å²) in [5.74, 6) is 0. The van der Waals surface area contributed by atoms with Gasteiger partial charge < -0.3 is 0 Å². The highest BCUT2D eigenvalue weighted by atomic mass is 32.2. The third-order valence-electron chi connectivity index (χ3n) is 2.31. The lowest BCUT2D eigenvalue weighted by molar-refractivity contribution is 0.389. The van der Waals surface area contributed by atoms with Gasteiger partial charge in [-0.05, 0) is 6.07 Å². The van der Waals surface area contributed by atoms with E-state index >= 15 is 0 Å². The van der Waals surface area contributed by atoms with Crippen molar-refractivity contribution in [1.29, 1.82) is 5.26 Å². The Morgan fingerprint density at radius 1 is 1.41 bits per heavy atom. The molecule has 0 amide bonds. The maximum Gasteiger partial charge on any atom is 0.282 e. The summed E-state index contributed by atoms with van der Waals surface area (Å²) < 4.78 is 25.8. The minimum atomic E-state index is -3.62. The van der Waals surface area contributed by atoms with Crippen LogP contribution in [0.5, 0.6) is 0 Å². The topological polar surface area (TPSA) is 77.3 Å². The summed E-state index contributed by atoms with van der Waals surface area (Å²) in [5, 5.41) is 9.09. The highest BCUT2D eigenvalue weighted by molar-refractivity contribution is 7.86. The zero-order valence-corrected chi connectivity index (χ0v) is 10.7. The molecule has 1 heterocycles. The van der Waals surface area contributed by atoms with Crippen molar-refractivity contribution in [2.75, 3.05) is 21.1 Å². The molecule has 0 aliphatic rings. The highest BCUT2D eigenvalue weighted by Crippen LogP contribution is 2.21. The summed E-state index contributed by atoms with van der Waals surface area (Å²) in [6, 6.07) is 4.41. The van der Waals surface area contributed by atoms with E-state index in [0.29, 0.717) is 5.56 Å². The highest BCUT2D eigenvalue weighted by Gasteiger charge is 2.29. The fourth-order valence-electron chi connectivity index (χ4n) is 1.29. The SMILES string of the molecule is CN(C)S(=O)(=O)N(C)C(C#N)c1cccnc1. The Labute approximate surface area is 101 Å². The Kier molecular flexibility index (Phi) is 4.17. The van der Waals surface area contributed by atoms with Crippen molar-refractivity contribution < 1.29 is 8.42 Å². The van der Waals surface area contributed by atoms with Gasteiger partial charge in [0.2, 0.25) is 0 Å². The Hall–Kier alpha value is -1.49. The molecule has 1 rings (SSSR count). The van der Waals surface area contributed by atoms with Crippen LogP contribution in [0.1, 0.15) is 11.6 Å². The first-order valence-corrected chi connectivity index (χ1v) is 6.26. The van der Waals surface area contributed by atoms with Gasteiger partial charge in [-0.2, -0.15) is 22.3 Å². The van der Waals surface area contributed by atoms with Gasteiger partial charge in [-0.1, -0.05) is 6.07 Å². The molecule has 0 aliphatic heterocycles. The third-order valence-corrected chi connectivity index (χ3v) is 4.17. The van der Waals surface area contributed by atoms with Gasteiger partial charge in [0.25, 0.3) is 10.2 Å². The van der Waals surface area contributed by atoms with E-state index in [2.05, 4.69) is 4.98 Å². The van der Waals surface area contributed by atoms with Crippen molar-refractivity contribution in [3.8, 4) is 6.07 Å². The van der Waals surface area contributed by atoms with Crippen molar-refractivity contribution in [3.63, 3.8) is 0 Å². The molecule has 0 saturated carbocycles. The maximum absolute atomic E-state index is 11.9. The Morgan fingerprint density at radius 2 is 2.06 bits per heavy atom. The van der Waals surface area contributed by atoms with Crippen LogP contribution in [0.15, 0.2) is 24.5 Å². The van der Waals surface area contributed by atoms with Gasteiger partial charge in [0.15, 0.2) is 0 Å². The molecular weight excluding hydrogens is 240 g/mol. The molecule has 92 valence electrons. The number of hydrogen-bond acceptors (Lipinski definition) is 4. The maximum atomic E-state index is 11.9. The monoisotopic (exact) mass is 254 g/mol. The molecular formula is C10H14N4O2S. The summed E-state index contributed by atoms with van der Waals surface area (Å²) in [7, 11) is 0.592. The average Bonchev–Trinajstić information content (AvgIpc) is 2.31. The van der Waals surface area contributed by atoms with Gasteiger partial charge in [0, 0.05) is 39.1 Å². The molecule has 6 nitrogen and oxygen atoms in total. The summed E-state index contributed by atoms with van der Waals surface area (Å²) in [5.41, 5.74) is 0.544. The Morgan fingerprint density at radius 3 is 2.47 bits per heavy atom. The van der Waals surface area contributed by atoms with Crippen LogP contribution in [0.2, 0.25) is 0 Å². The summed E-state index contributed by atoms with van der Waals surface area (Å²) >= 11 is 0. The van der Waals surface area contributed by atoms with Gasteiger partial charge in [0.05, 0.1) is 6.07 Å². The molecule has 0 radical (unpaired) electrons. The van der Waals surface area contributed by atoms with Crippen molar-refractivity contribution in [1.82, 2.24) is 13.6 Å². The molecule has 0 bridgehead atoms. The zero-order valence-electron chi connectivity index (χ0n) is 9.90. The molecule has 0 spiro atoms. The second-order valence-electron chi connectivity index (χ2n) is 3.62. The molecule has 1 aromatic rings. The molecule has 0 N–H and O–H groups in total. The Balaban J connectivity index is 3.11. The van der Waals surface area contributed by atoms with Crippen LogP contribution in [-0.4, -0.2) is 43.2 Å². The smallest absolute Gasteiger partial charge is 0.264 e. The summed E-state index contributed by atoms with van der Waals surface area (Å²) in [6.07, 6.45) is 3.05. The third kappa shape index (κ3) is 2.79. The minimum absolute atomic E-state index is 0.544. The first-order valence-electron chi connectivity index (χ1n) is 4.86. The number of pyridine rings is 1. The molecule has 1 aromatic heterocycles. The molecule has 0 fully saturated rings. The van der Waals surface area contributed by atoms with Crippen molar-refractivity contribution in [3.05, 3.63) is 30.1 Å². The van der Waals surface area contributed by atoms with Crippen LogP contribution in [0.3, 0.4) is 0 Å². The second kappa shape index (κ2) is 5.23. The first kappa shape index (κ1) is 13.6. The molecule has 7 heteroatoms. The van der Waals surface area contributed by atoms with Crippen LogP contribution in [-0.2, 0) is 10.2 Å². The van der Waals surface area contributed by atoms with Crippen molar-refractivity contribution in [2.45, 2.75) is 6.04 Å². The molecule has 0 aromatic carbocycles. The zero-order chi connectivity index (χ0) is 13.1. The van der Waals surface area contributed by atoms with Gasteiger partial charge in [-0.25, -0.2) is 0 Å². The van der Waals surface area contributed by atoms with Crippen LogP contribution < -0.4 is 0 Å². The summed E-state index contributed by atoms with van der Waals surface area (Å²) in [4.78, 5) is 3.88. The number of hydrogen-bond donors (Lipinski definition) is 0. The lowest BCUT2D eigenvalue weighted by atomic mass is 10.1. The van der Waals surface area contributed by atoms with Gasteiger partial charge >= 0.3 is 0 Å². The number of aromatic nitrogens is 1. The molecule has 1 atom stereocenters. The quantitative estimate of drug-likeness (QED) is 0.778. The molecule has 0 saturated heterocycles. The summed E-state index contributed by atoms with van der Waals surface area (Å²) in [6.45, 7) is 0. The van der Waals surface area contributed by atoms with E-state index in [1.807, 2.05) is 6.07 Å². The normalized spacial score (nSPS) is 13.6. The van der Waals surface area contributed by atoms with E-state index in [1.54, 1.807) is 18.3 Å². The van der Waals surface area contributed by atoms with Crippen LogP contribution in [0, 0.1) is 11.3 Å². The largest absolute Gasteiger partial charge is 0.282 e. The Bertz CT molecular complexity index is 507. The van der Waals surface area contributed by atoms with Gasteiger partial charge in [-0.15, -0.1) is 0 Å². The van der Waals surface area contributed by atoms with E-state index < -0.39 is 16.3 Å². The van der Waals surface area contributed by atoms with Crippen molar-refractivity contribution in [2.24, 2.45) is 0 Å². The van der Waals surface area contributed by atoms with Gasteiger partial charge in [-0.3, -0.25) is 4.98 Å². The van der Waals surface area contributed by atoms with Crippen LogP contribution in [0.4, 0.5) is 0 Å². The first-order chi connectivity index (χ1) is 7.91. The second-order valence-corrected chi connectivity index (χ2v) is 5.83.